The Morgan fingerprint density at radius 3 is 2.11 bits per heavy atom. The number of hydrogen-bond donors (Lipinski definition) is 7. The van der Waals surface area contributed by atoms with Gasteiger partial charge in [-0.05, 0) is 56.0 Å². The molecule has 13 heteroatoms. The largest absolute Gasteiger partial charge is 0.376 e. The first-order chi connectivity index (χ1) is 22.1. The summed E-state index contributed by atoms with van der Waals surface area (Å²) in [6, 6.07) is 0.145. The fourth-order valence-electron chi connectivity index (χ4n) is 5.00. The second-order valence-corrected chi connectivity index (χ2v) is 13.4. The first-order valence-electron chi connectivity index (χ1n) is 16.8. The summed E-state index contributed by atoms with van der Waals surface area (Å²) in [5, 5.41) is 27.9. The topological polar surface area (TPSA) is 165 Å². The molecule has 4 amide bonds. The van der Waals surface area contributed by atoms with E-state index in [0.29, 0.717) is 49.2 Å². The van der Waals surface area contributed by atoms with Crippen molar-refractivity contribution in [3.63, 3.8) is 0 Å². The Balaban J connectivity index is 3.00. The highest BCUT2D eigenvalue weighted by Crippen LogP contribution is 2.13. The van der Waals surface area contributed by atoms with Gasteiger partial charge in [0.15, 0.2) is 0 Å². The Kier molecular flexibility index (Phi) is 18.4. The molecule has 0 fully saturated rings. The molecule has 1 heterocycles. The summed E-state index contributed by atoms with van der Waals surface area (Å²) >= 11 is 5.95. The van der Waals surface area contributed by atoms with Crippen LogP contribution in [-0.2, 0) is 14.4 Å². The summed E-state index contributed by atoms with van der Waals surface area (Å²) in [5.41, 5.74) is 0.858. The lowest BCUT2D eigenvalue weighted by Gasteiger charge is -2.30. The van der Waals surface area contributed by atoms with Gasteiger partial charge >= 0.3 is 5.15 Å². The molecule has 0 aliphatic heterocycles. The van der Waals surface area contributed by atoms with E-state index >= 15 is 0 Å². The van der Waals surface area contributed by atoms with Crippen molar-refractivity contribution in [1.29, 1.82) is 0 Å². The highest BCUT2D eigenvalue weighted by atomic mass is 35.5. The van der Waals surface area contributed by atoms with Gasteiger partial charge in [0.25, 0.3) is 5.91 Å². The zero-order valence-electron chi connectivity index (χ0n) is 29.7. The highest BCUT2D eigenvalue weighted by Gasteiger charge is 2.31. The van der Waals surface area contributed by atoms with Gasteiger partial charge in [0.05, 0.1) is 5.56 Å². The van der Waals surface area contributed by atoms with Crippen LogP contribution in [0, 0.1) is 17.8 Å². The predicted molar refractivity (Wildman–Crippen MR) is 185 cm³/mol. The molecule has 0 radical (unpaired) electrons. The van der Waals surface area contributed by atoms with Crippen LogP contribution in [0.15, 0.2) is 30.6 Å². The average Bonchev–Trinajstić information content (AvgIpc) is 3.00. The van der Waals surface area contributed by atoms with Gasteiger partial charge in [-0.15, -0.1) is 0 Å². The molecule has 0 saturated heterocycles. The number of amides is 4. The second-order valence-electron chi connectivity index (χ2n) is 13.0. The fraction of sp³-hybridized carbons (Fsp3) is 0.676. The Morgan fingerprint density at radius 1 is 0.915 bits per heavy atom. The lowest BCUT2D eigenvalue weighted by molar-refractivity contribution is -0.903. The summed E-state index contributed by atoms with van der Waals surface area (Å²) < 4.78 is 0.678. The Hall–Kier alpha value is -3.38. The van der Waals surface area contributed by atoms with Crippen molar-refractivity contribution < 1.29 is 29.1 Å². The lowest BCUT2D eigenvalue weighted by atomic mass is 9.97. The first-order valence-corrected chi connectivity index (χ1v) is 17.2. The number of carbonyl (C=O) groups is 4. The molecule has 0 aliphatic rings. The minimum Gasteiger partial charge on any atom is -0.376 e. The van der Waals surface area contributed by atoms with E-state index in [0.717, 1.165) is 0 Å². The van der Waals surface area contributed by atoms with Gasteiger partial charge < -0.3 is 31.9 Å². The standard InChI is InChI=1S/C34H58ClN7O5/c1-11-14-27(40-34(46)30(22(8)12-2)41-31(43)25-15-16-42(47)28(35)18-25)32(44)39-26(17-20(4)5)19-37-23(9)24(10)38-29(21(6)7)33(45)36-13-3/h15-16,18,20-23,26-27,29-30,37-38H,10-14,17,19H2,1-9H3,(H4-,36,39,40,41,43,44,45,46,47)/p+1/t22-,23-,26?,27-,29?,30?/m0/s1. The molecule has 1 aromatic heterocycles. The molecule has 7 N–H and O–H groups in total. The van der Waals surface area contributed by atoms with Crippen LogP contribution in [0.1, 0.15) is 98.4 Å². The van der Waals surface area contributed by atoms with Crippen LogP contribution in [0.4, 0.5) is 0 Å². The minimum absolute atomic E-state index is 0.0542. The molecule has 0 saturated carbocycles. The summed E-state index contributed by atoms with van der Waals surface area (Å²) in [5.74, 6) is -1.24. The summed E-state index contributed by atoms with van der Waals surface area (Å²) in [4.78, 5) is 52.7. The van der Waals surface area contributed by atoms with Crippen molar-refractivity contribution in [2.45, 2.75) is 118 Å². The Morgan fingerprint density at radius 2 is 1.57 bits per heavy atom. The molecule has 0 bridgehead atoms. The van der Waals surface area contributed by atoms with E-state index in [1.54, 1.807) is 0 Å². The molecular formula is C34H59ClN7O5+. The van der Waals surface area contributed by atoms with Crippen LogP contribution in [0.3, 0.4) is 0 Å². The van der Waals surface area contributed by atoms with Gasteiger partial charge in [0, 0.05) is 47.7 Å². The molecule has 12 nitrogen and oxygen atoms in total. The smallest absolute Gasteiger partial charge is 0.325 e. The number of aromatic nitrogens is 1. The van der Waals surface area contributed by atoms with Crippen molar-refractivity contribution in [3.05, 3.63) is 41.3 Å². The number of likely N-dealkylation sites (N-methyl/N-ethyl adjacent to an activating group) is 1. The van der Waals surface area contributed by atoms with Crippen molar-refractivity contribution in [3.8, 4) is 0 Å². The van der Waals surface area contributed by atoms with E-state index in [2.05, 4.69) is 52.3 Å². The maximum Gasteiger partial charge on any atom is 0.325 e. The molecular weight excluding hydrogens is 622 g/mol. The molecule has 1 aromatic rings. The molecule has 47 heavy (non-hydrogen) atoms. The van der Waals surface area contributed by atoms with Crippen molar-refractivity contribution in [2.24, 2.45) is 17.8 Å². The first kappa shape index (κ1) is 41.6. The van der Waals surface area contributed by atoms with Crippen molar-refractivity contribution in [1.82, 2.24) is 31.9 Å². The lowest BCUT2D eigenvalue weighted by Crippen LogP contribution is -2.57. The van der Waals surface area contributed by atoms with Crippen LogP contribution in [0.5, 0.6) is 0 Å². The molecule has 3 unspecified atom stereocenters. The quantitative estimate of drug-likeness (QED) is 0.0596. The predicted octanol–water partition coefficient (Wildman–Crippen LogP) is 3.07. The SMILES string of the molecule is C=C(NC(C(=O)NCC)C(C)C)[C@H](C)NCC(CC(C)C)NC(=O)[C@H](CCC)NC(=O)C(NC(=O)c1cc[n+](O)c(Cl)c1)[C@@H](C)CC. The molecule has 0 spiro atoms. The minimum atomic E-state index is -0.901. The van der Waals surface area contributed by atoms with E-state index in [4.69, 9.17) is 11.6 Å². The zero-order chi connectivity index (χ0) is 35.8. The number of hydrogen-bond acceptors (Lipinski definition) is 7. The number of nitrogens with one attached hydrogen (secondary N) is 6. The second kappa shape index (κ2) is 20.8. The van der Waals surface area contributed by atoms with Crippen molar-refractivity contribution in [2.75, 3.05) is 13.1 Å². The van der Waals surface area contributed by atoms with E-state index in [1.165, 1.54) is 18.3 Å². The number of rotatable bonds is 21. The average molecular weight is 681 g/mol. The summed E-state index contributed by atoms with van der Waals surface area (Å²) in [6.07, 6.45) is 3.61. The van der Waals surface area contributed by atoms with Crippen LogP contribution in [0.2, 0.25) is 5.15 Å². The van der Waals surface area contributed by atoms with Crippen LogP contribution >= 0.6 is 11.6 Å². The Bertz CT molecular complexity index is 1200. The van der Waals surface area contributed by atoms with Gasteiger partial charge in [-0.3, -0.25) is 24.4 Å². The van der Waals surface area contributed by atoms with Crippen LogP contribution in [0.25, 0.3) is 0 Å². The summed E-state index contributed by atoms with van der Waals surface area (Å²) in [6.45, 7) is 22.8. The van der Waals surface area contributed by atoms with E-state index < -0.39 is 29.9 Å². The van der Waals surface area contributed by atoms with Gasteiger partial charge in [-0.1, -0.05) is 67.9 Å². The zero-order valence-corrected chi connectivity index (χ0v) is 30.5. The van der Waals surface area contributed by atoms with E-state index in [9.17, 15) is 24.4 Å². The third-order valence-corrected chi connectivity index (χ3v) is 8.36. The monoisotopic (exact) mass is 680 g/mol. The molecule has 0 aliphatic carbocycles. The van der Waals surface area contributed by atoms with E-state index in [1.807, 2.05) is 48.5 Å². The summed E-state index contributed by atoms with van der Waals surface area (Å²) in [7, 11) is 0. The van der Waals surface area contributed by atoms with Gasteiger partial charge in [0.1, 0.15) is 18.1 Å². The Labute approximate surface area is 286 Å². The third kappa shape index (κ3) is 14.1. The van der Waals surface area contributed by atoms with E-state index in [-0.39, 0.29) is 52.4 Å². The third-order valence-electron chi connectivity index (χ3n) is 8.08. The number of carbonyl (C=O) groups excluding carboxylic acids is 4. The maximum absolute atomic E-state index is 13.6. The van der Waals surface area contributed by atoms with Crippen LogP contribution < -0.4 is 36.6 Å². The maximum atomic E-state index is 13.6. The number of halogens is 1. The normalized spacial score (nSPS) is 15.1. The molecule has 0 aromatic carbocycles. The van der Waals surface area contributed by atoms with Crippen molar-refractivity contribution >= 4 is 35.2 Å². The highest BCUT2D eigenvalue weighted by molar-refractivity contribution is 6.28. The number of pyridine rings is 1. The molecule has 266 valence electrons. The van der Waals surface area contributed by atoms with Gasteiger partial charge in [-0.25, -0.2) is 0 Å². The molecule has 6 atom stereocenters. The van der Waals surface area contributed by atoms with Gasteiger partial charge in [-0.2, -0.15) is 0 Å². The molecule has 1 rings (SSSR count). The van der Waals surface area contributed by atoms with Crippen LogP contribution in [-0.4, -0.2) is 72.1 Å². The number of nitrogens with zero attached hydrogens (tertiary/aromatic N) is 1. The van der Waals surface area contributed by atoms with Gasteiger partial charge in [0.2, 0.25) is 23.9 Å². The fourth-order valence-corrected chi connectivity index (χ4v) is 5.18.